The van der Waals surface area contributed by atoms with Crippen molar-refractivity contribution in [3.05, 3.63) is 35.1 Å². The molecule has 0 radical (unpaired) electrons. The fourth-order valence-electron chi connectivity index (χ4n) is 2.94. The van der Waals surface area contributed by atoms with Gasteiger partial charge in [0.2, 0.25) is 0 Å². The maximum Gasteiger partial charge on any atom is 0.126 e. The van der Waals surface area contributed by atoms with Crippen molar-refractivity contribution in [3.63, 3.8) is 0 Å². The zero-order chi connectivity index (χ0) is 14.7. The molecule has 0 spiro atoms. The lowest BCUT2D eigenvalue weighted by atomic mass is 9.99. The van der Waals surface area contributed by atoms with E-state index in [1.807, 2.05) is 12.1 Å². The van der Waals surface area contributed by atoms with Crippen LogP contribution in [0.4, 0.5) is 4.39 Å². The summed E-state index contributed by atoms with van der Waals surface area (Å²) in [5.74, 6) is -0.160. The highest BCUT2D eigenvalue weighted by molar-refractivity contribution is 5.27. The molecule has 20 heavy (non-hydrogen) atoms. The third kappa shape index (κ3) is 3.19. The first kappa shape index (κ1) is 15.4. The van der Waals surface area contributed by atoms with Crippen LogP contribution < -0.4 is 5.73 Å². The van der Waals surface area contributed by atoms with Crippen molar-refractivity contribution in [2.45, 2.75) is 45.4 Å². The number of rotatable bonds is 4. The van der Waals surface area contributed by atoms with E-state index in [0.29, 0.717) is 18.2 Å². The molecule has 1 aromatic carbocycles. The van der Waals surface area contributed by atoms with Crippen LogP contribution in [0.2, 0.25) is 0 Å². The molecule has 3 nitrogen and oxygen atoms in total. The maximum absolute atomic E-state index is 13.4. The summed E-state index contributed by atoms with van der Waals surface area (Å²) >= 11 is 0. The molecule has 2 rings (SSSR count). The van der Waals surface area contributed by atoms with Gasteiger partial charge < -0.3 is 10.5 Å². The Morgan fingerprint density at radius 3 is 2.85 bits per heavy atom. The molecule has 1 aromatic rings. The van der Waals surface area contributed by atoms with Crippen molar-refractivity contribution >= 4 is 0 Å². The van der Waals surface area contributed by atoms with Gasteiger partial charge in [-0.05, 0) is 37.5 Å². The van der Waals surface area contributed by atoms with Crippen LogP contribution in [0.1, 0.15) is 37.4 Å². The topological polar surface area (TPSA) is 38.5 Å². The van der Waals surface area contributed by atoms with Gasteiger partial charge in [-0.25, -0.2) is 4.39 Å². The molecule has 3 atom stereocenters. The summed E-state index contributed by atoms with van der Waals surface area (Å²) < 4.78 is 19.2. The molecule has 4 heteroatoms. The Morgan fingerprint density at radius 2 is 2.25 bits per heavy atom. The number of hydrogen-bond acceptors (Lipinski definition) is 3. The maximum atomic E-state index is 13.4. The van der Waals surface area contributed by atoms with Crippen molar-refractivity contribution < 1.29 is 9.13 Å². The number of hydrogen-bond donors (Lipinski definition) is 1. The fraction of sp³-hybridized carbons (Fsp3) is 0.625. The van der Waals surface area contributed by atoms with Crippen LogP contribution in [0.25, 0.3) is 0 Å². The van der Waals surface area contributed by atoms with Gasteiger partial charge in [-0.1, -0.05) is 19.1 Å². The summed E-state index contributed by atoms with van der Waals surface area (Å²) in [6, 6.07) is 5.82. The molecule has 1 saturated heterocycles. The molecule has 1 fully saturated rings. The van der Waals surface area contributed by atoms with Crippen LogP contribution in [-0.4, -0.2) is 36.7 Å². The van der Waals surface area contributed by atoms with Crippen molar-refractivity contribution in [2.24, 2.45) is 5.73 Å². The van der Waals surface area contributed by atoms with E-state index in [1.54, 1.807) is 6.92 Å². The van der Waals surface area contributed by atoms with E-state index in [9.17, 15) is 4.39 Å². The lowest BCUT2D eigenvalue weighted by Crippen LogP contribution is -2.51. The van der Waals surface area contributed by atoms with E-state index in [4.69, 9.17) is 10.5 Å². The normalized spacial score (nSPS) is 25.6. The molecular weight excluding hydrogens is 255 g/mol. The van der Waals surface area contributed by atoms with E-state index in [0.717, 1.165) is 25.1 Å². The zero-order valence-electron chi connectivity index (χ0n) is 12.6. The highest BCUT2D eigenvalue weighted by atomic mass is 19.1. The van der Waals surface area contributed by atoms with Crippen LogP contribution in [0, 0.1) is 12.7 Å². The Hall–Kier alpha value is -0.970. The summed E-state index contributed by atoms with van der Waals surface area (Å²) in [6.07, 6.45) is 1.25. The first-order valence-corrected chi connectivity index (χ1v) is 7.40. The van der Waals surface area contributed by atoms with E-state index in [1.165, 1.54) is 6.07 Å². The van der Waals surface area contributed by atoms with Gasteiger partial charge in [0.25, 0.3) is 0 Å². The van der Waals surface area contributed by atoms with Gasteiger partial charge in [0, 0.05) is 25.2 Å². The van der Waals surface area contributed by atoms with E-state index in [2.05, 4.69) is 18.7 Å². The Labute approximate surface area is 120 Å². The monoisotopic (exact) mass is 280 g/mol. The number of ether oxygens (including phenoxy) is 1. The molecule has 0 bridgehead atoms. The predicted octanol–water partition coefficient (Wildman–Crippen LogP) is 2.63. The van der Waals surface area contributed by atoms with Crippen molar-refractivity contribution in [1.82, 2.24) is 4.90 Å². The Balaban J connectivity index is 2.26. The van der Waals surface area contributed by atoms with Crippen LogP contribution in [0.5, 0.6) is 0 Å². The predicted molar refractivity (Wildman–Crippen MR) is 79.1 cm³/mol. The lowest BCUT2D eigenvalue weighted by Gasteiger charge is -2.43. The van der Waals surface area contributed by atoms with Crippen molar-refractivity contribution in [1.29, 1.82) is 0 Å². The minimum atomic E-state index is -0.160. The minimum Gasteiger partial charge on any atom is -0.376 e. The van der Waals surface area contributed by atoms with Crippen molar-refractivity contribution in [3.8, 4) is 0 Å². The summed E-state index contributed by atoms with van der Waals surface area (Å²) in [7, 11) is 0. The van der Waals surface area contributed by atoms with E-state index >= 15 is 0 Å². The minimum absolute atomic E-state index is 0.130. The summed E-state index contributed by atoms with van der Waals surface area (Å²) in [5.41, 5.74) is 7.78. The summed E-state index contributed by atoms with van der Waals surface area (Å²) in [5, 5.41) is 0. The molecule has 0 aromatic heterocycles. The number of nitrogens with zero attached hydrogens (tertiary/aromatic N) is 1. The molecule has 1 aliphatic heterocycles. The van der Waals surface area contributed by atoms with Gasteiger partial charge in [0.05, 0.1) is 12.7 Å². The van der Waals surface area contributed by atoms with Gasteiger partial charge in [-0.15, -0.1) is 0 Å². The molecule has 0 saturated carbocycles. The van der Waals surface area contributed by atoms with Crippen LogP contribution in [-0.2, 0) is 4.74 Å². The molecular formula is C16H25FN2O. The fourth-order valence-corrected chi connectivity index (χ4v) is 2.94. The SMILES string of the molecule is CCC1COC(C)CN1C(CN)c1ccc(F)c(C)c1. The number of nitrogens with two attached hydrogens (primary N) is 1. The van der Waals surface area contributed by atoms with Crippen LogP contribution >= 0.6 is 0 Å². The van der Waals surface area contributed by atoms with Gasteiger partial charge in [0.1, 0.15) is 5.82 Å². The average Bonchev–Trinajstić information content (AvgIpc) is 2.44. The van der Waals surface area contributed by atoms with Crippen molar-refractivity contribution in [2.75, 3.05) is 19.7 Å². The second kappa shape index (κ2) is 6.66. The Kier molecular flexibility index (Phi) is 5.13. The Morgan fingerprint density at radius 1 is 1.50 bits per heavy atom. The van der Waals surface area contributed by atoms with Crippen LogP contribution in [0.3, 0.4) is 0 Å². The zero-order valence-corrected chi connectivity index (χ0v) is 12.6. The molecule has 112 valence electrons. The number of halogens is 1. The smallest absolute Gasteiger partial charge is 0.126 e. The third-order valence-corrected chi connectivity index (χ3v) is 4.17. The second-order valence-electron chi connectivity index (χ2n) is 5.66. The van der Waals surface area contributed by atoms with Gasteiger partial charge in [-0.2, -0.15) is 0 Å². The molecule has 0 amide bonds. The van der Waals surface area contributed by atoms with Crippen LogP contribution in [0.15, 0.2) is 18.2 Å². The highest BCUT2D eigenvalue weighted by Gasteiger charge is 2.31. The molecule has 1 heterocycles. The first-order valence-electron chi connectivity index (χ1n) is 7.40. The molecule has 2 N–H and O–H groups in total. The average molecular weight is 280 g/mol. The number of benzene rings is 1. The Bertz CT molecular complexity index is 452. The van der Waals surface area contributed by atoms with E-state index < -0.39 is 0 Å². The summed E-state index contributed by atoms with van der Waals surface area (Å²) in [6.45, 7) is 8.20. The third-order valence-electron chi connectivity index (χ3n) is 4.17. The second-order valence-corrected chi connectivity index (χ2v) is 5.66. The molecule has 0 aliphatic carbocycles. The highest BCUT2D eigenvalue weighted by Crippen LogP contribution is 2.28. The largest absolute Gasteiger partial charge is 0.376 e. The lowest BCUT2D eigenvalue weighted by molar-refractivity contribution is -0.0719. The van der Waals surface area contributed by atoms with Gasteiger partial charge >= 0.3 is 0 Å². The quantitative estimate of drug-likeness (QED) is 0.921. The van der Waals surface area contributed by atoms with Gasteiger partial charge in [0.15, 0.2) is 0 Å². The number of morpholine rings is 1. The first-order chi connectivity index (χ1) is 9.56. The number of aryl methyl sites for hydroxylation is 1. The van der Waals surface area contributed by atoms with Gasteiger partial charge in [-0.3, -0.25) is 4.90 Å². The molecule has 1 aliphatic rings. The van der Waals surface area contributed by atoms with E-state index in [-0.39, 0.29) is 18.0 Å². The standard InChI is InChI=1S/C16H25FN2O/c1-4-14-10-20-12(3)9-19(14)16(8-18)13-5-6-15(17)11(2)7-13/h5-7,12,14,16H,4,8-10,18H2,1-3H3. The summed E-state index contributed by atoms with van der Waals surface area (Å²) in [4.78, 5) is 2.42. The molecule has 3 unspecified atom stereocenters.